The molecule has 1 saturated heterocycles. The van der Waals surface area contributed by atoms with E-state index in [0.29, 0.717) is 12.3 Å². The van der Waals surface area contributed by atoms with Gasteiger partial charge in [0, 0.05) is 13.0 Å². The van der Waals surface area contributed by atoms with Crippen molar-refractivity contribution in [1.29, 1.82) is 0 Å². The lowest BCUT2D eigenvalue weighted by Gasteiger charge is -2.34. The molecule has 5 nitrogen and oxygen atoms in total. The Kier molecular flexibility index (Phi) is 5.73. The zero-order valence-corrected chi connectivity index (χ0v) is 9.98. The van der Waals surface area contributed by atoms with Crippen molar-refractivity contribution in [2.75, 3.05) is 19.6 Å². The molecule has 1 aliphatic rings. The number of hydrogen-bond acceptors (Lipinski definition) is 4. The van der Waals surface area contributed by atoms with Gasteiger partial charge in [-0.3, -0.25) is 10.2 Å². The summed E-state index contributed by atoms with van der Waals surface area (Å²) in [6, 6.07) is 0. The van der Waals surface area contributed by atoms with Gasteiger partial charge in [-0.05, 0) is 38.3 Å². The Morgan fingerprint density at radius 3 is 2.94 bits per heavy atom. The minimum Gasteiger partial charge on any atom is -0.392 e. The molecule has 0 aliphatic carbocycles. The molecule has 0 aromatic carbocycles. The summed E-state index contributed by atoms with van der Waals surface area (Å²) in [4.78, 5) is 13.1. The molecule has 0 aromatic rings. The molecule has 1 rings (SSSR count). The highest BCUT2D eigenvalue weighted by Gasteiger charge is 2.23. The molecular formula is C11H23N3O2. The number of carbonyl (C=O) groups is 1. The van der Waals surface area contributed by atoms with Crippen molar-refractivity contribution in [3.05, 3.63) is 0 Å². The van der Waals surface area contributed by atoms with Crippen LogP contribution in [0.4, 0.5) is 0 Å². The quantitative estimate of drug-likeness (QED) is 0.265. The maximum absolute atomic E-state index is 10.9. The Labute approximate surface area is 97.0 Å². The van der Waals surface area contributed by atoms with E-state index in [4.69, 9.17) is 5.84 Å². The number of likely N-dealkylation sites (tertiary alicyclic amines) is 1. The number of aliphatic hydroxyl groups excluding tert-OH is 1. The van der Waals surface area contributed by atoms with Crippen LogP contribution in [-0.4, -0.2) is 41.7 Å². The number of nitrogens with zero attached hydrogens (tertiary/aromatic N) is 1. The van der Waals surface area contributed by atoms with Crippen molar-refractivity contribution >= 4 is 5.91 Å². The summed E-state index contributed by atoms with van der Waals surface area (Å²) in [5.74, 6) is 5.30. The van der Waals surface area contributed by atoms with Crippen molar-refractivity contribution in [1.82, 2.24) is 10.3 Å². The lowest BCUT2D eigenvalue weighted by Crippen LogP contribution is -2.43. The van der Waals surface area contributed by atoms with Crippen LogP contribution in [0.1, 0.15) is 32.6 Å². The standard InChI is InChI=1S/C11H23N3O2/c1-9-5-7-14(8-10(9)15)6-3-2-4-11(16)13-12/h9-10,15H,2-8,12H2,1H3,(H,13,16). The molecule has 0 aromatic heterocycles. The first kappa shape index (κ1) is 13.4. The fourth-order valence-electron chi connectivity index (χ4n) is 2.01. The average Bonchev–Trinajstić information content (AvgIpc) is 2.28. The monoisotopic (exact) mass is 229 g/mol. The fourth-order valence-corrected chi connectivity index (χ4v) is 2.01. The topological polar surface area (TPSA) is 78.6 Å². The van der Waals surface area contributed by atoms with Crippen LogP contribution < -0.4 is 11.3 Å². The fraction of sp³-hybridized carbons (Fsp3) is 0.909. The lowest BCUT2D eigenvalue weighted by atomic mass is 9.96. The van der Waals surface area contributed by atoms with Crippen LogP contribution in [0.5, 0.6) is 0 Å². The van der Waals surface area contributed by atoms with Gasteiger partial charge < -0.3 is 10.0 Å². The Hall–Kier alpha value is -0.650. The molecule has 5 heteroatoms. The second-order valence-electron chi connectivity index (χ2n) is 4.66. The maximum atomic E-state index is 10.9. The van der Waals surface area contributed by atoms with Gasteiger partial charge in [-0.1, -0.05) is 6.92 Å². The van der Waals surface area contributed by atoms with Gasteiger partial charge in [0.25, 0.3) is 0 Å². The highest BCUT2D eigenvalue weighted by molar-refractivity contribution is 5.75. The van der Waals surface area contributed by atoms with E-state index in [0.717, 1.165) is 38.9 Å². The second kappa shape index (κ2) is 6.83. The first-order chi connectivity index (χ1) is 7.63. The van der Waals surface area contributed by atoms with E-state index in [1.165, 1.54) is 0 Å². The number of aliphatic hydroxyl groups is 1. The predicted molar refractivity (Wildman–Crippen MR) is 62.4 cm³/mol. The minimum absolute atomic E-state index is 0.104. The molecule has 1 amide bonds. The third-order valence-corrected chi connectivity index (χ3v) is 3.29. The van der Waals surface area contributed by atoms with Gasteiger partial charge in [-0.2, -0.15) is 0 Å². The summed E-state index contributed by atoms with van der Waals surface area (Å²) < 4.78 is 0. The van der Waals surface area contributed by atoms with E-state index in [1.807, 2.05) is 0 Å². The maximum Gasteiger partial charge on any atom is 0.233 e. The highest BCUT2D eigenvalue weighted by Crippen LogP contribution is 2.17. The number of β-amino-alcohol motifs (C(OH)–C–C–N with tert-alkyl or cyclic N) is 1. The molecule has 0 spiro atoms. The number of nitrogens with two attached hydrogens (primary N) is 1. The molecule has 0 radical (unpaired) electrons. The largest absolute Gasteiger partial charge is 0.392 e. The minimum atomic E-state index is -0.193. The molecular weight excluding hydrogens is 206 g/mol. The summed E-state index contributed by atoms with van der Waals surface area (Å²) in [7, 11) is 0. The van der Waals surface area contributed by atoms with Gasteiger partial charge in [0.2, 0.25) is 5.91 Å². The van der Waals surface area contributed by atoms with Crippen LogP contribution in [0, 0.1) is 5.92 Å². The lowest BCUT2D eigenvalue weighted by molar-refractivity contribution is -0.121. The van der Waals surface area contributed by atoms with Crippen LogP contribution >= 0.6 is 0 Å². The number of unbranched alkanes of at least 4 members (excludes halogenated alkanes) is 1. The van der Waals surface area contributed by atoms with Gasteiger partial charge in [0.15, 0.2) is 0 Å². The van der Waals surface area contributed by atoms with Crippen molar-refractivity contribution in [2.45, 2.75) is 38.7 Å². The van der Waals surface area contributed by atoms with Crippen LogP contribution in [-0.2, 0) is 4.79 Å². The Bertz CT molecular complexity index is 223. The molecule has 1 heterocycles. The Morgan fingerprint density at radius 2 is 2.31 bits per heavy atom. The molecule has 94 valence electrons. The van der Waals surface area contributed by atoms with Gasteiger partial charge in [0.1, 0.15) is 0 Å². The van der Waals surface area contributed by atoms with E-state index in [2.05, 4.69) is 17.2 Å². The number of hydrazine groups is 1. The number of amides is 1. The van der Waals surface area contributed by atoms with Crippen LogP contribution in [0.3, 0.4) is 0 Å². The van der Waals surface area contributed by atoms with E-state index in [-0.39, 0.29) is 12.0 Å². The average molecular weight is 229 g/mol. The van der Waals surface area contributed by atoms with E-state index in [9.17, 15) is 9.90 Å². The molecule has 0 saturated carbocycles. The van der Waals surface area contributed by atoms with Crippen molar-refractivity contribution in [3.63, 3.8) is 0 Å². The SMILES string of the molecule is CC1CCN(CCCCC(=O)NN)CC1O. The van der Waals surface area contributed by atoms with Gasteiger partial charge in [0.05, 0.1) is 6.10 Å². The third-order valence-electron chi connectivity index (χ3n) is 3.29. The van der Waals surface area contributed by atoms with Crippen LogP contribution in [0.25, 0.3) is 0 Å². The number of rotatable bonds is 5. The van der Waals surface area contributed by atoms with E-state index in [1.54, 1.807) is 0 Å². The van der Waals surface area contributed by atoms with Gasteiger partial charge in [-0.25, -0.2) is 5.84 Å². The highest BCUT2D eigenvalue weighted by atomic mass is 16.3. The summed E-state index contributed by atoms with van der Waals surface area (Å²) >= 11 is 0. The van der Waals surface area contributed by atoms with Gasteiger partial charge in [-0.15, -0.1) is 0 Å². The molecule has 2 unspecified atom stereocenters. The molecule has 0 bridgehead atoms. The molecule has 1 fully saturated rings. The van der Waals surface area contributed by atoms with Crippen molar-refractivity contribution in [3.8, 4) is 0 Å². The zero-order valence-electron chi connectivity index (χ0n) is 9.98. The molecule has 16 heavy (non-hydrogen) atoms. The molecule has 2 atom stereocenters. The molecule has 4 N–H and O–H groups in total. The summed E-state index contributed by atoms with van der Waals surface area (Å²) in [6.07, 6.45) is 3.19. The molecule has 1 aliphatic heterocycles. The number of nitrogens with one attached hydrogen (secondary N) is 1. The van der Waals surface area contributed by atoms with Gasteiger partial charge >= 0.3 is 0 Å². The summed E-state index contributed by atoms with van der Waals surface area (Å²) in [5, 5.41) is 9.71. The smallest absolute Gasteiger partial charge is 0.233 e. The summed E-state index contributed by atoms with van der Waals surface area (Å²) in [5.41, 5.74) is 2.12. The summed E-state index contributed by atoms with van der Waals surface area (Å²) in [6.45, 7) is 4.88. The zero-order chi connectivity index (χ0) is 12.0. The van der Waals surface area contributed by atoms with E-state index >= 15 is 0 Å². The number of carbonyl (C=O) groups excluding carboxylic acids is 1. The van der Waals surface area contributed by atoms with Crippen molar-refractivity contribution in [2.24, 2.45) is 11.8 Å². The first-order valence-electron chi connectivity index (χ1n) is 6.03. The van der Waals surface area contributed by atoms with E-state index < -0.39 is 0 Å². The second-order valence-corrected chi connectivity index (χ2v) is 4.66. The Morgan fingerprint density at radius 1 is 1.56 bits per heavy atom. The van der Waals surface area contributed by atoms with Crippen LogP contribution in [0.2, 0.25) is 0 Å². The normalized spacial score (nSPS) is 26.7. The Balaban J connectivity index is 2.07. The first-order valence-corrected chi connectivity index (χ1v) is 6.03. The predicted octanol–water partition coefficient (Wildman–Crippen LogP) is -0.151. The van der Waals surface area contributed by atoms with Crippen LogP contribution in [0.15, 0.2) is 0 Å². The van der Waals surface area contributed by atoms with Crippen molar-refractivity contribution < 1.29 is 9.90 Å². The third kappa shape index (κ3) is 4.47. The number of hydrogen-bond donors (Lipinski definition) is 3. The number of piperidine rings is 1.